The lowest BCUT2D eigenvalue weighted by Crippen LogP contribution is -2.46. The summed E-state index contributed by atoms with van der Waals surface area (Å²) in [5.74, 6) is 2.12. The van der Waals surface area contributed by atoms with Crippen molar-refractivity contribution in [3.63, 3.8) is 0 Å². The smallest absolute Gasteiger partial charge is 0.226 e. The molecule has 2 aromatic heterocycles. The van der Waals surface area contributed by atoms with E-state index in [0.717, 1.165) is 54.3 Å². The van der Waals surface area contributed by atoms with Crippen LogP contribution in [0.1, 0.15) is 55.4 Å². The van der Waals surface area contributed by atoms with Crippen molar-refractivity contribution >= 4 is 5.91 Å². The molecule has 1 fully saturated rings. The SMILES string of the molecule is CCCC[C@@H]1C[C@@H](C(=O)NCc2cccc(C)n2)CN(Cc2nc(-c3ccccc3)oc2C)C1. The van der Waals surface area contributed by atoms with Gasteiger partial charge in [0.25, 0.3) is 0 Å². The van der Waals surface area contributed by atoms with Crippen LogP contribution in [0.5, 0.6) is 0 Å². The fourth-order valence-electron chi connectivity index (χ4n) is 4.83. The number of nitrogens with zero attached hydrogens (tertiary/aromatic N) is 3. The van der Waals surface area contributed by atoms with Gasteiger partial charge in [0.2, 0.25) is 11.8 Å². The van der Waals surface area contributed by atoms with Crippen molar-refractivity contribution in [1.29, 1.82) is 0 Å². The maximum Gasteiger partial charge on any atom is 0.226 e. The van der Waals surface area contributed by atoms with E-state index in [1.165, 1.54) is 12.8 Å². The van der Waals surface area contributed by atoms with E-state index in [1.807, 2.05) is 62.4 Å². The average molecular weight is 461 g/mol. The number of aryl methyl sites for hydroxylation is 2. The highest BCUT2D eigenvalue weighted by molar-refractivity contribution is 5.79. The molecule has 1 aromatic carbocycles. The number of aromatic nitrogens is 2. The number of nitrogens with one attached hydrogen (secondary N) is 1. The van der Waals surface area contributed by atoms with Gasteiger partial charge in [0.15, 0.2) is 0 Å². The van der Waals surface area contributed by atoms with E-state index in [0.29, 0.717) is 24.9 Å². The Kier molecular flexibility index (Phi) is 8.12. The zero-order valence-corrected chi connectivity index (χ0v) is 20.6. The number of unbranched alkanes of at least 4 members (excludes halogenated alkanes) is 1. The summed E-state index contributed by atoms with van der Waals surface area (Å²) in [5.41, 5.74) is 3.81. The van der Waals surface area contributed by atoms with Crippen molar-refractivity contribution in [2.24, 2.45) is 11.8 Å². The largest absolute Gasteiger partial charge is 0.441 e. The number of likely N-dealkylation sites (tertiary alicyclic amines) is 1. The van der Waals surface area contributed by atoms with Crippen LogP contribution in [-0.4, -0.2) is 33.9 Å². The Morgan fingerprint density at radius 3 is 2.68 bits per heavy atom. The van der Waals surface area contributed by atoms with Crippen LogP contribution in [0, 0.1) is 25.7 Å². The first-order valence-electron chi connectivity index (χ1n) is 12.5. The van der Waals surface area contributed by atoms with Crippen LogP contribution in [0.2, 0.25) is 0 Å². The third-order valence-electron chi connectivity index (χ3n) is 6.63. The van der Waals surface area contributed by atoms with Crippen LogP contribution in [-0.2, 0) is 17.9 Å². The molecule has 1 saturated heterocycles. The summed E-state index contributed by atoms with van der Waals surface area (Å²) in [5, 5.41) is 3.13. The van der Waals surface area contributed by atoms with Gasteiger partial charge in [-0.1, -0.05) is 44.0 Å². The third kappa shape index (κ3) is 6.32. The van der Waals surface area contributed by atoms with Crippen molar-refractivity contribution in [1.82, 2.24) is 20.2 Å². The minimum absolute atomic E-state index is 0.0267. The van der Waals surface area contributed by atoms with Crippen LogP contribution < -0.4 is 5.32 Å². The van der Waals surface area contributed by atoms with Gasteiger partial charge >= 0.3 is 0 Å². The molecular weight excluding hydrogens is 424 g/mol. The number of benzene rings is 1. The van der Waals surface area contributed by atoms with Crippen LogP contribution in [0.15, 0.2) is 52.9 Å². The fraction of sp³-hybridized carbons (Fsp3) is 0.464. The van der Waals surface area contributed by atoms with E-state index < -0.39 is 0 Å². The molecule has 1 aliphatic rings. The van der Waals surface area contributed by atoms with Gasteiger partial charge in [0.1, 0.15) is 5.76 Å². The summed E-state index contributed by atoms with van der Waals surface area (Å²) in [4.78, 5) is 24.8. The summed E-state index contributed by atoms with van der Waals surface area (Å²) in [6.07, 6.45) is 4.47. The molecule has 3 aromatic rings. The van der Waals surface area contributed by atoms with Gasteiger partial charge in [0.05, 0.1) is 23.9 Å². The van der Waals surface area contributed by atoms with Crippen molar-refractivity contribution in [2.45, 2.75) is 59.5 Å². The van der Waals surface area contributed by atoms with Gasteiger partial charge in [0, 0.05) is 30.9 Å². The highest BCUT2D eigenvalue weighted by atomic mass is 16.4. The topological polar surface area (TPSA) is 71.3 Å². The third-order valence-corrected chi connectivity index (χ3v) is 6.63. The zero-order chi connectivity index (χ0) is 23.9. The number of pyridine rings is 1. The predicted octanol–water partition coefficient (Wildman–Crippen LogP) is 5.30. The van der Waals surface area contributed by atoms with Crippen molar-refractivity contribution in [3.8, 4) is 11.5 Å². The van der Waals surface area contributed by atoms with E-state index in [4.69, 9.17) is 9.40 Å². The molecule has 1 aliphatic heterocycles. The lowest BCUT2D eigenvalue weighted by molar-refractivity contribution is -0.127. The molecule has 2 atom stereocenters. The lowest BCUT2D eigenvalue weighted by Gasteiger charge is -2.37. The average Bonchev–Trinajstić information content (AvgIpc) is 3.21. The molecule has 0 aliphatic carbocycles. The Morgan fingerprint density at radius 2 is 1.91 bits per heavy atom. The van der Waals surface area contributed by atoms with Crippen molar-refractivity contribution in [2.75, 3.05) is 13.1 Å². The summed E-state index contributed by atoms with van der Waals surface area (Å²) in [6.45, 7) is 9.08. The summed E-state index contributed by atoms with van der Waals surface area (Å²) < 4.78 is 5.98. The van der Waals surface area contributed by atoms with Gasteiger partial charge in [-0.2, -0.15) is 0 Å². The zero-order valence-electron chi connectivity index (χ0n) is 20.6. The molecule has 3 heterocycles. The van der Waals surface area contributed by atoms with Crippen LogP contribution in [0.3, 0.4) is 0 Å². The first-order chi connectivity index (χ1) is 16.5. The molecule has 180 valence electrons. The second-order valence-electron chi connectivity index (χ2n) is 9.51. The minimum Gasteiger partial charge on any atom is -0.441 e. The first-order valence-corrected chi connectivity index (χ1v) is 12.5. The van der Waals surface area contributed by atoms with E-state index in [2.05, 4.69) is 22.1 Å². The molecule has 1 amide bonds. The van der Waals surface area contributed by atoms with Crippen molar-refractivity contribution < 1.29 is 9.21 Å². The number of amides is 1. The molecule has 0 saturated carbocycles. The maximum absolute atomic E-state index is 13.1. The minimum atomic E-state index is -0.0267. The van der Waals surface area contributed by atoms with E-state index in [1.54, 1.807) is 0 Å². The Hall–Kier alpha value is -2.99. The van der Waals surface area contributed by atoms with Crippen molar-refractivity contribution in [3.05, 3.63) is 71.4 Å². The maximum atomic E-state index is 13.1. The number of hydrogen-bond acceptors (Lipinski definition) is 5. The second-order valence-corrected chi connectivity index (χ2v) is 9.51. The molecule has 34 heavy (non-hydrogen) atoms. The first kappa shape index (κ1) is 24.1. The standard InChI is InChI=1S/C28H36N4O2/c1-4-5-11-22-15-24(27(33)29-16-25-14-9-10-20(2)30-25)18-32(17-22)19-26-21(3)34-28(31-26)23-12-7-6-8-13-23/h6-10,12-14,22,24H,4-5,11,15-19H2,1-3H3,(H,29,33)/t22-,24-/m1/s1. The number of oxazole rings is 1. The quantitative estimate of drug-likeness (QED) is 0.469. The van der Waals surface area contributed by atoms with Crippen LogP contribution in [0.25, 0.3) is 11.5 Å². The predicted molar refractivity (Wildman–Crippen MR) is 134 cm³/mol. The number of rotatable bonds is 9. The number of carbonyl (C=O) groups excluding carboxylic acids is 1. The monoisotopic (exact) mass is 460 g/mol. The Labute approximate surface area is 202 Å². The van der Waals surface area contributed by atoms with Gasteiger partial charge < -0.3 is 9.73 Å². The highest BCUT2D eigenvalue weighted by Crippen LogP contribution is 2.29. The van der Waals surface area contributed by atoms with Crippen LogP contribution in [0.4, 0.5) is 0 Å². The molecule has 0 radical (unpaired) electrons. The highest BCUT2D eigenvalue weighted by Gasteiger charge is 2.32. The molecular formula is C28H36N4O2. The number of piperidine rings is 1. The van der Waals surface area contributed by atoms with Gasteiger partial charge in [-0.3, -0.25) is 14.7 Å². The lowest BCUT2D eigenvalue weighted by atomic mass is 9.85. The Bertz CT molecular complexity index is 1080. The fourth-order valence-corrected chi connectivity index (χ4v) is 4.83. The molecule has 1 N–H and O–H groups in total. The molecule has 0 unspecified atom stereocenters. The number of carbonyl (C=O) groups is 1. The normalized spacial score (nSPS) is 18.7. The van der Waals surface area contributed by atoms with E-state index >= 15 is 0 Å². The number of hydrogen-bond donors (Lipinski definition) is 1. The van der Waals surface area contributed by atoms with Crippen LogP contribution >= 0.6 is 0 Å². The Balaban J connectivity index is 1.43. The summed E-state index contributed by atoms with van der Waals surface area (Å²) in [6, 6.07) is 15.9. The second kappa shape index (κ2) is 11.4. The summed E-state index contributed by atoms with van der Waals surface area (Å²) in [7, 11) is 0. The molecule has 6 heteroatoms. The molecule has 6 nitrogen and oxygen atoms in total. The molecule has 0 bridgehead atoms. The van der Waals surface area contributed by atoms with E-state index in [-0.39, 0.29) is 11.8 Å². The van der Waals surface area contributed by atoms with Gasteiger partial charge in [-0.05, 0) is 56.9 Å². The summed E-state index contributed by atoms with van der Waals surface area (Å²) >= 11 is 0. The van der Waals surface area contributed by atoms with E-state index in [9.17, 15) is 4.79 Å². The Morgan fingerprint density at radius 1 is 1.09 bits per heavy atom. The molecule has 4 rings (SSSR count). The van der Waals surface area contributed by atoms with Gasteiger partial charge in [-0.15, -0.1) is 0 Å². The van der Waals surface area contributed by atoms with Gasteiger partial charge in [-0.25, -0.2) is 4.98 Å². The molecule has 0 spiro atoms.